The van der Waals surface area contributed by atoms with Crippen LogP contribution < -0.4 is 4.90 Å². The van der Waals surface area contributed by atoms with Gasteiger partial charge in [0.25, 0.3) is 0 Å². The molecule has 0 saturated carbocycles. The highest BCUT2D eigenvalue weighted by Crippen LogP contribution is 2.42. The van der Waals surface area contributed by atoms with Crippen LogP contribution in [0.4, 0.5) is 11.4 Å². The van der Waals surface area contributed by atoms with Crippen molar-refractivity contribution in [3.63, 3.8) is 0 Å². The molecule has 0 saturated heterocycles. The Bertz CT molecular complexity index is 1410. The third kappa shape index (κ3) is 3.31. The van der Waals surface area contributed by atoms with E-state index in [4.69, 9.17) is 11.6 Å². The number of halogens is 1. The fourth-order valence-electron chi connectivity index (χ4n) is 4.68. The zero-order chi connectivity index (χ0) is 20.8. The summed E-state index contributed by atoms with van der Waals surface area (Å²) in [5.74, 6) is 0. The smallest absolute Gasteiger partial charge is 0.0499 e. The molecule has 3 heteroatoms. The largest absolute Gasteiger partial charge is 0.311 e. The summed E-state index contributed by atoms with van der Waals surface area (Å²) in [6, 6.07) is 19.9. The second-order valence-corrected chi connectivity index (χ2v) is 9.65. The van der Waals surface area contributed by atoms with Gasteiger partial charge in [-0.3, -0.25) is 0 Å². The van der Waals surface area contributed by atoms with E-state index < -0.39 is 0 Å². The highest BCUT2D eigenvalue weighted by Gasteiger charge is 2.18. The minimum absolute atomic E-state index is 0.827. The van der Waals surface area contributed by atoms with Gasteiger partial charge < -0.3 is 4.90 Å². The zero-order valence-electron chi connectivity index (χ0n) is 17.1. The number of thiophene rings is 1. The fourth-order valence-corrected chi connectivity index (χ4v) is 6.17. The Morgan fingerprint density at radius 2 is 1.68 bits per heavy atom. The van der Waals surface area contributed by atoms with Gasteiger partial charge in [-0.2, -0.15) is 0 Å². The summed E-state index contributed by atoms with van der Waals surface area (Å²) in [7, 11) is 0. The molecule has 4 aromatic rings. The van der Waals surface area contributed by atoms with Crippen LogP contribution >= 0.6 is 22.9 Å². The second-order valence-electron chi connectivity index (χ2n) is 8.16. The lowest BCUT2D eigenvalue weighted by molar-refractivity contribution is 0.980. The summed E-state index contributed by atoms with van der Waals surface area (Å²) in [4.78, 5) is 2.39. The topological polar surface area (TPSA) is 3.24 Å². The predicted octanol–water partition coefficient (Wildman–Crippen LogP) is 9.04. The summed E-state index contributed by atoms with van der Waals surface area (Å²) in [5.41, 5.74) is 6.41. The number of rotatable bonds is 3. The molecule has 2 aliphatic rings. The first kappa shape index (κ1) is 18.9. The van der Waals surface area contributed by atoms with Gasteiger partial charge in [-0.05, 0) is 79.3 Å². The number of hydrogen-bond donors (Lipinski definition) is 0. The Morgan fingerprint density at radius 1 is 0.806 bits per heavy atom. The van der Waals surface area contributed by atoms with Gasteiger partial charge in [0.2, 0.25) is 0 Å². The van der Waals surface area contributed by atoms with Crippen LogP contribution in [0.2, 0.25) is 5.02 Å². The van der Waals surface area contributed by atoms with E-state index in [2.05, 4.69) is 77.7 Å². The minimum atomic E-state index is 0.827. The van der Waals surface area contributed by atoms with E-state index >= 15 is 0 Å². The van der Waals surface area contributed by atoms with E-state index in [0.717, 1.165) is 36.1 Å². The Hall–Kier alpha value is -2.81. The molecule has 1 heterocycles. The van der Waals surface area contributed by atoms with Crippen LogP contribution in [-0.4, -0.2) is 0 Å². The lowest BCUT2D eigenvalue weighted by atomic mass is 9.96. The van der Waals surface area contributed by atoms with E-state index in [-0.39, 0.29) is 0 Å². The fraction of sp³-hybridized carbons (Fsp3) is 0.143. The molecule has 0 aliphatic heterocycles. The van der Waals surface area contributed by atoms with Crippen molar-refractivity contribution in [2.24, 2.45) is 0 Å². The average molecular weight is 440 g/mol. The maximum atomic E-state index is 6.54. The number of hydrogen-bond acceptors (Lipinski definition) is 2. The van der Waals surface area contributed by atoms with E-state index in [1.165, 1.54) is 43.0 Å². The van der Waals surface area contributed by atoms with Crippen LogP contribution in [-0.2, 0) is 6.42 Å². The van der Waals surface area contributed by atoms with E-state index in [9.17, 15) is 0 Å². The molecule has 3 aromatic carbocycles. The molecular formula is C28H22ClNS. The Balaban J connectivity index is 1.53. The van der Waals surface area contributed by atoms with Crippen molar-refractivity contribution in [1.29, 1.82) is 0 Å². The van der Waals surface area contributed by atoms with Gasteiger partial charge in [0, 0.05) is 42.3 Å². The summed E-state index contributed by atoms with van der Waals surface area (Å²) >= 11 is 8.35. The number of benzene rings is 3. The van der Waals surface area contributed by atoms with Crippen molar-refractivity contribution in [3.8, 4) is 0 Å². The van der Waals surface area contributed by atoms with Crippen molar-refractivity contribution >= 4 is 60.6 Å². The molecule has 0 bridgehead atoms. The number of fused-ring (bicyclic) bond motifs is 4. The first-order valence-corrected chi connectivity index (χ1v) is 12.0. The first-order chi connectivity index (χ1) is 15.3. The van der Waals surface area contributed by atoms with Gasteiger partial charge in [0.05, 0.1) is 0 Å². The molecule has 0 fully saturated rings. The van der Waals surface area contributed by atoms with Gasteiger partial charge in [-0.1, -0.05) is 54.1 Å². The zero-order valence-corrected chi connectivity index (χ0v) is 18.7. The molecule has 0 unspecified atom stereocenters. The van der Waals surface area contributed by atoms with Crippen LogP contribution in [0.1, 0.15) is 30.4 Å². The van der Waals surface area contributed by atoms with Crippen LogP contribution in [0.3, 0.4) is 0 Å². The van der Waals surface area contributed by atoms with Crippen molar-refractivity contribution in [2.75, 3.05) is 4.90 Å². The number of allylic oxidation sites excluding steroid dienone is 4. The van der Waals surface area contributed by atoms with E-state index in [1.54, 1.807) is 0 Å². The monoisotopic (exact) mass is 439 g/mol. The van der Waals surface area contributed by atoms with Crippen molar-refractivity contribution in [1.82, 2.24) is 0 Å². The first-order valence-electron chi connectivity index (χ1n) is 10.8. The molecule has 0 atom stereocenters. The molecule has 31 heavy (non-hydrogen) atoms. The maximum absolute atomic E-state index is 6.54. The molecule has 6 rings (SSSR count). The predicted molar refractivity (Wildman–Crippen MR) is 137 cm³/mol. The second kappa shape index (κ2) is 7.71. The average Bonchev–Trinajstić information content (AvgIpc) is 3.19. The molecule has 1 nitrogen and oxygen atoms in total. The SMILES string of the molecule is Clc1cccc2sc3cc(N(C4=CCCC=C4)c4ccc5c(c4)C=CCC5)ccc3c12. The number of aryl methyl sites for hydroxylation is 1. The molecular weight excluding hydrogens is 418 g/mol. The van der Waals surface area contributed by atoms with Crippen LogP contribution in [0.25, 0.3) is 26.2 Å². The lowest BCUT2D eigenvalue weighted by Gasteiger charge is -2.28. The Kier molecular flexibility index (Phi) is 4.70. The molecule has 0 radical (unpaired) electrons. The Labute approximate surface area is 191 Å². The molecule has 152 valence electrons. The third-order valence-electron chi connectivity index (χ3n) is 6.19. The molecule has 0 N–H and O–H groups in total. The van der Waals surface area contributed by atoms with Gasteiger partial charge in [-0.25, -0.2) is 0 Å². The summed E-state index contributed by atoms with van der Waals surface area (Å²) < 4.78 is 2.51. The molecule has 2 aliphatic carbocycles. The van der Waals surface area contributed by atoms with Gasteiger partial charge >= 0.3 is 0 Å². The van der Waals surface area contributed by atoms with Gasteiger partial charge in [-0.15, -0.1) is 11.3 Å². The van der Waals surface area contributed by atoms with Crippen LogP contribution in [0.15, 0.2) is 84.6 Å². The third-order valence-corrected chi connectivity index (χ3v) is 7.62. The molecule has 0 amide bonds. The van der Waals surface area contributed by atoms with Crippen molar-refractivity contribution in [3.05, 3.63) is 101 Å². The van der Waals surface area contributed by atoms with Crippen molar-refractivity contribution < 1.29 is 0 Å². The number of nitrogens with zero attached hydrogens (tertiary/aromatic N) is 1. The quantitative estimate of drug-likeness (QED) is 0.307. The normalized spacial score (nSPS) is 15.3. The molecule has 0 spiro atoms. The van der Waals surface area contributed by atoms with Crippen LogP contribution in [0.5, 0.6) is 0 Å². The summed E-state index contributed by atoms with van der Waals surface area (Å²) in [6.07, 6.45) is 15.9. The minimum Gasteiger partial charge on any atom is -0.311 e. The van der Waals surface area contributed by atoms with Crippen molar-refractivity contribution in [2.45, 2.75) is 25.7 Å². The lowest BCUT2D eigenvalue weighted by Crippen LogP contribution is -2.16. The highest BCUT2D eigenvalue weighted by atomic mass is 35.5. The van der Waals surface area contributed by atoms with E-state index in [1.807, 2.05) is 23.5 Å². The number of anilines is 2. The molecule has 1 aromatic heterocycles. The highest BCUT2D eigenvalue weighted by molar-refractivity contribution is 7.26. The standard InChI is InChI=1S/C28H22ClNS/c29-25-11-6-12-26-28(25)24-16-15-23(18-27(24)31-26)30(21-9-2-1-3-10-21)22-14-13-19-7-4-5-8-20(19)17-22/h2,5-6,8-18H,1,3-4,7H2. The Morgan fingerprint density at radius 3 is 2.58 bits per heavy atom. The maximum Gasteiger partial charge on any atom is 0.0499 e. The summed E-state index contributed by atoms with van der Waals surface area (Å²) in [6.45, 7) is 0. The summed E-state index contributed by atoms with van der Waals surface area (Å²) in [5, 5.41) is 3.22. The van der Waals surface area contributed by atoms with E-state index in [0.29, 0.717) is 0 Å². The van der Waals surface area contributed by atoms with Gasteiger partial charge in [0.1, 0.15) is 0 Å². The van der Waals surface area contributed by atoms with Gasteiger partial charge in [0.15, 0.2) is 0 Å². The van der Waals surface area contributed by atoms with Crippen LogP contribution in [0, 0.1) is 0 Å².